The highest BCUT2D eigenvalue weighted by Gasteiger charge is 2.32. The van der Waals surface area contributed by atoms with Crippen LogP contribution in [0.5, 0.6) is 23.0 Å². The normalized spacial score (nSPS) is 14.9. The Kier molecular flexibility index (Phi) is 6.46. The highest BCUT2D eigenvalue weighted by molar-refractivity contribution is 5.78. The van der Waals surface area contributed by atoms with Gasteiger partial charge in [-0.1, -0.05) is 26.0 Å². The number of carbonyl (C=O) groups excluding carboxylic acids is 1. The van der Waals surface area contributed by atoms with Gasteiger partial charge in [0.15, 0.2) is 18.1 Å². The molecule has 7 nitrogen and oxygen atoms in total. The maximum absolute atomic E-state index is 12.7. The van der Waals surface area contributed by atoms with E-state index in [9.17, 15) is 4.79 Å². The average Bonchev–Trinajstić information content (AvgIpc) is 3.24. The Bertz CT molecular complexity index is 1020. The molecular formula is C25H32N2O5. The number of ether oxygens (including phenoxy) is 4. The van der Waals surface area contributed by atoms with E-state index < -0.39 is 0 Å². The van der Waals surface area contributed by atoms with Crippen molar-refractivity contribution in [1.82, 2.24) is 10.2 Å². The number of nitrogens with zero attached hydrogens (tertiary/aromatic N) is 1. The molecule has 4 rings (SSSR count). The van der Waals surface area contributed by atoms with Crippen LogP contribution in [0.15, 0.2) is 18.2 Å². The lowest BCUT2D eigenvalue weighted by atomic mass is 9.92. The quantitative estimate of drug-likeness (QED) is 0.710. The van der Waals surface area contributed by atoms with Gasteiger partial charge in [-0.3, -0.25) is 4.79 Å². The van der Waals surface area contributed by atoms with Gasteiger partial charge >= 0.3 is 0 Å². The first-order chi connectivity index (χ1) is 15.4. The van der Waals surface area contributed by atoms with E-state index in [1.54, 1.807) is 7.11 Å². The maximum Gasteiger partial charge on any atom is 0.258 e. The van der Waals surface area contributed by atoms with Gasteiger partial charge in [0.1, 0.15) is 5.75 Å². The summed E-state index contributed by atoms with van der Waals surface area (Å²) in [6.07, 6.45) is 0.863. The lowest BCUT2D eigenvalue weighted by Crippen LogP contribution is -2.31. The number of rotatable bonds is 7. The molecule has 7 heteroatoms. The number of likely N-dealkylation sites (N-methyl/N-ethyl adjacent to an activating group) is 1. The van der Waals surface area contributed by atoms with E-state index in [1.807, 2.05) is 13.0 Å². The maximum atomic E-state index is 12.7. The van der Waals surface area contributed by atoms with Gasteiger partial charge in [-0.05, 0) is 49.1 Å². The van der Waals surface area contributed by atoms with Crippen molar-refractivity contribution in [2.24, 2.45) is 0 Å². The van der Waals surface area contributed by atoms with E-state index in [2.05, 4.69) is 43.2 Å². The summed E-state index contributed by atoms with van der Waals surface area (Å²) in [5.41, 5.74) is 5.44. The number of hydrogen-bond acceptors (Lipinski definition) is 6. The first kappa shape index (κ1) is 22.3. The molecule has 2 aromatic carbocycles. The number of benzene rings is 2. The number of hydrogen-bond donors (Lipinski definition) is 1. The van der Waals surface area contributed by atoms with Crippen molar-refractivity contribution in [2.45, 2.75) is 46.2 Å². The molecule has 0 radical (unpaired) electrons. The minimum atomic E-state index is -0.175. The molecule has 0 atom stereocenters. The number of amides is 1. The van der Waals surface area contributed by atoms with Crippen molar-refractivity contribution >= 4 is 5.91 Å². The largest absolute Gasteiger partial charge is 0.492 e. The summed E-state index contributed by atoms with van der Waals surface area (Å²) < 4.78 is 23.1. The van der Waals surface area contributed by atoms with E-state index in [0.29, 0.717) is 24.0 Å². The third-order valence-corrected chi connectivity index (χ3v) is 6.08. The minimum Gasteiger partial charge on any atom is -0.492 e. The molecule has 172 valence electrons. The molecule has 0 spiro atoms. The van der Waals surface area contributed by atoms with Gasteiger partial charge in [-0.25, -0.2) is 0 Å². The SMILES string of the molecule is COc1c2c(c(CNC(=O)COc3cc(C)ccc3C(C)C)c3c1OCO3)CCN(C)C2. The first-order valence-electron chi connectivity index (χ1n) is 11.1. The monoisotopic (exact) mass is 440 g/mol. The second-order valence-electron chi connectivity index (χ2n) is 8.78. The smallest absolute Gasteiger partial charge is 0.258 e. The van der Waals surface area contributed by atoms with E-state index in [4.69, 9.17) is 18.9 Å². The predicted octanol–water partition coefficient (Wildman–Crippen LogP) is 3.54. The molecule has 0 saturated heterocycles. The van der Waals surface area contributed by atoms with Crippen LogP contribution in [0.2, 0.25) is 0 Å². The van der Waals surface area contributed by atoms with Gasteiger partial charge in [-0.2, -0.15) is 0 Å². The van der Waals surface area contributed by atoms with E-state index in [-0.39, 0.29) is 19.3 Å². The Labute approximate surface area is 189 Å². The standard InChI is InChI=1S/C25H32N2O5/c1-15(2)17-7-6-16(3)10-21(17)30-13-22(28)26-11-19-18-8-9-27(4)12-20(18)23(29-5)25-24(19)31-14-32-25/h6-7,10,15H,8-9,11-14H2,1-5H3,(H,26,28). The topological polar surface area (TPSA) is 69.3 Å². The molecule has 0 aromatic heterocycles. The summed E-state index contributed by atoms with van der Waals surface area (Å²) in [4.78, 5) is 14.9. The fourth-order valence-electron chi connectivity index (χ4n) is 4.41. The van der Waals surface area contributed by atoms with Crippen molar-refractivity contribution in [3.63, 3.8) is 0 Å². The summed E-state index contributed by atoms with van der Waals surface area (Å²) in [6.45, 7) is 8.42. The van der Waals surface area contributed by atoms with E-state index >= 15 is 0 Å². The molecule has 0 saturated carbocycles. The zero-order valence-corrected chi connectivity index (χ0v) is 19.5. The van der Waals surface area contributed by atoms with Crippen LogP contribution in [-0.4, -0.2) is 44.9 Å². The van der Waals surface area contributed by atoms with Crippen molar-refractivity contribution in [1.29, 1.82) is 0 Å². The van der Waals surface area contributed by atoms with Crippen LogP contribution in [-0.2, 0) is 24.3 Å². The molecule has 0 unspecified atom stereocenters. The molecule has 0 aliphatic carbocycles. The number of methoxy groups -OCH3 is 1. The van der Waals surface area contributed by atoms with E-state index in [1.165, 1.54) is 5.56 Å². The highest BCUT2D eigenvalue weighted by atomic mass is 16.7. The second-order valence-corrected chi connectivity index (χ2v) is 8.78. The predicted molar refractivity (Wildman–Crippen MR) is 122 cm³/mol. The number of aryl methyl sites for hydroxylation is 1. The fourth-order valence-corrected chi connectivity index (χ4v) is 4.41. The van der Waals surface area contributed by atoms with E-state index in [0.717, 1.165) is 53.3 Å². The third kappa shape index (κ3) is 4.35. The van der Waals surface area contributed by atoms with Crippen LogP contribution in [0.4, 0.5) is 0 Å². The number of carbonyl (C=O) groups is 1. The number of nitrogens with one attached hydrogen (secondary N) is 1. The summed E-state index contributed by atoms with van der Waals surface area (Å²) in [5, 5.41) is 3.01. The number of fused-ring (bicyclic) bond motifs is 2. The first-order valence-corrected chi connectivity index (χ1v) is 11.1. The molecule has 2 heterocycles. The Morgan fingerprint density at radius 1 is 1.22 bits per heavy atom. The summed E-state index contributed by atoms with van der Waals surface area (Å²) >= 11 is 0. The molecule has 2 aliphatic heterocycles. The van der Waals surface area contributed by atoms with Crippen molar-refractivity contribution in [2.75, 3.05) is 34.1 Å². The highest BCUT2D eigenvalue weighted by Crippen LogP contribution is 2.49. The molecule has 1 amide bonds. The zero-order valence-electron chi connectivity index (χ0n) is 19.5. The van der Waals surface area contributed by atoms with Gasteiger partial charge in [0.25, 0.3) is 5.91 Å². The third-order valence-electron chi connectivity index (χ3n) is 6.08. The van der Waals surface area contributed by atoms with Crippen LogP contribution in [0.25, 0.3) is 0 Å². The van der Waals surface area contributed by atoms with Crippen LogP contribution in [0, 0.1) is 6.92 Å². The molecule has 1 N–H and O–H groups in total. The zero-order chi connectivity index (χ0) is 22.8. The Morgan fingerprint density at radius 2 is 2.00 bits per heavy atom. The summed E-state index contributed by atoms with van der Waals surface area (Å²) in [7, 11) is 3.74. The van der Waals surface area contributed by atoms with Crippen molar-refractivity contribution in [3.8, 4) is 23.0 Å². The minimum absolute atomic E-state index is 0.0379. The van der Waals surface area contributed by atoms with Crippen LogP contribution >= 0.6 is 0 Å². The van der Waals surface area contributed by atoms with Crippen LogP contribution in [0.3, 0.4) is 0 Å². The molecule has 32 heavy (non-hydrogen) atoms. The molecule has 0 bridgehead atoms. The molecular weight excluding hydrogens is 408 g/mol. The summed E-state index contributed by atoms with van der Waals surface area (Å²) in [5.74, 6) is 2.94. The van der Waals surface area contributed by atoms with Gasteiger partial charge in [0.05, 0.1) is 7.11 Å². The van der Waals surface area contributed by atoms with Crippen molar-refractivity contribution in [3.05, 3.63) is 46.0 Å². The fraction of sp³-hybridized carbons (Fsp3) is 0.480. The van der Waals surface area contributed by atoms with Gasteiger partial charge < -0.3 is 29.2 Å². The van der Waals surface area contributed by atoms with Gasteiger partial charge in [0.2, 0.25) is 12.5 Å². The molecule has 0 fully saturated rings. The lowest BCUT2D eigenvalue weighted by Gasteiger charge is -2.29. The Hall–Kier alpha value is -2.93. The lowest BCUT2D eigenvalue weighted by molar-refractivity contribution is -0.123. The second kappa shape index (κ2) is 9.28. The van der Waals surface area contributed by atoms with Crippen LogP contribution in [0.1, 0.15) is 47.6 Å². The van der Waals surface area contributed by atoms with Gasteiger partial charge in [-0.15, -0.1) is 0 Å². The van der Waals surface area contributed by atoms with Crippen molar-refractivity contribution < 1.29 is 23.7 Å². The Morgan fingerprint density at radius 3 is 2.75 bits per heavy atom. The molecule has 2 aromatic rings. The molecule has 2 aliphatic rings. The average molecular weight is 441 g/mol. The summed E-state index contributed by atoms with van der Waals surface area (Å²) in [6, 6.07) is 6.11. The Balaban J connectivity index is 1.50. The van der Waals surface area contributed by atoms with Crippen LogP contribution < -0.4 is 24.3 Å². The van der Waals surface area contributed by atoms with Gasteiger partial charge in [0, 0.05) is 30.8 Å².